The lowest BCUT2D eigenvalue weighted by Gasteiger charge is -2.37. The van der Waals surface area contributed by atoms with Crippen LogP contribution in [-0.4, -0.2) is 58.2 Å². The maximum atomic E-state index is 12.9. The first-order valence-corrected chi connectivity index (χ1v) is 8.67. The van der Waals surface area contributed by atoms with Crippen LogP contribution < -0.4 is 4.90 Å². The molecular formula is C16H23ClN4O2. The van der Waals surface area contributed by atoms with Gasteiger partial charge in [0.1, 0.15) is 0 Å². The molecule has 0 spiro atoms. The van der Waals surface area contributed by atoms with E-state index in [1.54, 1.807) is 4.90 Å². The summed E-state index contributed by atoms with van der Waals surface area (Å²) in [4.78, 5) is 25.5. The summed E-state index contributed by atoms with van der Waals surface area (Å²) >= 11 is 6.19. The number of aromatic nitrogens is 2. The molecule has 2 unspecified atom stereocenters. The molecule has 2 aliphatic heterocycles. The molecule has 2 atom stereocenters. The van der Waals surface area contributed by atoms with Gasteiger partial charge in [0.25, 0.3) is 5.91 Å². The van der Waals surface area contributed by atoms with Gasteiger partial charge >= 0.3 is 0 Å². The summed E-state index contributed by atoms with van der Waals surface area (Å²) in [5.41, 5.74) is 0.272. The Bertz CT molecular complexity index is 577. The van der Waals surface area contributed by atoms with Gasteiger partial charge in [0.15, 0.2) is 5.69 Å². The fourth-order valence-electron chi connectivity index (χ4n) is 3.33. The number of piperidine rings is 1. The standard InChI is InChI=1S/C16H23ClN4O2/c1-11-4-5-12(10-22)9-21(11)15(23)14-13(17)8-18-16(19-14)20-6-2-3-7-20/h8,11-12,22H,2-7,9-10H2,1H3. The van der Waals surface area contributed by atoms with Crippen LogP contribution in [0.15, 0.2) is 6.20 Å². The number of hydrogen-bond donors (Lipinski definition) is 1. The van der Waals surface area contributed by atoms with Crippen LogP contribution in [0.25, 0.3) is 0 Å². The Balaban J connectivity index is 1.84. The largest absolute Gasteiger partial charge is 0.396 e. The molecule has 2 aliphatic rings. The van der Waals surface area contributed by atoms with Crippen molar-refractivity contribution >= 4 is 23.5 Å². The molecule has 0 aromatic carbocycles. The van der Waals surface area contributed by atoms with Crippen LogP contribution >= 0.6 is 11.6 Å². The fraction of sp³-hybridized carbons (Fsp3) is 0.688. The van der Waals surface area contributed by atoms with Crippen LogP contribution in [0.4, 0.5) is 5.95 Å². The monoisotopic (exact) mass is 338 g/mol. The van der Waals surface area contributed by atoms with Crippen molar-refractivity contribution in [3.8, 4) is 0 Å². The smallest absolute Gasteiger partial charge is 0.274 e. The fourth-order valence-corrected chi connectivity index (χ4v) is 3.50. The lowest BCUT2D eigenvalue weighted by Crippen LogP contribution is -2.46. The Morgan fingerprint density at radius 1 is 1.39 bits per heavy atom. The van der Waals surface area contributed by atoms with Gasteiger partial charge in [-0.3, -0.25) is 4.79 Å². The summed E-state index contributed by atoms with van der Waals surface area (Å²) < 4.78 is 0. The van der Waals surface area contributed by atoms with Crippen molar-refractivity contribution in [3.63, 3.8) is 0 Å². The number of nitrogens with zero attached hydrogens (tertiary/aromatic N) is 4. The van der Waals surface area contributed by atoms with Crippen LogP contribution in [-0.2, 0) is 0 Å². The molecule has 3 rings (SSSR count). The van der Waals surface area contributed by atoms with Crippen molar-refractivity contribution in [2.45, 2.75) is 38.6 Å². The summed E-state index contributed by atoms with van der Waals surface area (Å²) in [6.45, 7) is 4.52. The third-order valence-corrected chi connectivity index (χ3v) is 5.10. The highest BCUT2D eigenvalue weighted by Gasteiger charge is 2.31. The maximum absolute atomic E-state index is 12.9. The lowest BCUT2D eigenvalue weighted by molar-refractivity contribution is 0.0483. The summed E-state index contributed by atoms with van der Waals surface area (Å²) in [7, 11) is 0. The number of carbonyl (C=O) groups is 1. The van der Waals surface area contributed by atoms with Gasteiger partial charge in [-0.15, -0.1) is 0 Å². The first-order valence-electron chi connectivity index (χ1n) is 8.29. The molecule has 0 radical (unpaired) electrons. The Morgan fingerprint density at radius 3 is 2.83 bits per heavy atom. The molecule has 3 heterocycles. The van der Waals surface area contributed by atoms with Gasteiger partial charge in [-0.2, -0.15) is 0 Å². The van der Waals surface area contributed by atoms with Gasteiger partial charge in [0.05, 0.1) is 11.2 Å². The van der Waals surface area contributed by atoms with Crippen molar-refractivity contribution in [1.29, 1.82) is 0 Å². The van der Waals surface area contributed by atoms with Gasteiger partial charge in [-0.05, 0) is 38.5 Å². The van der Waals surface area contributed by atoms with E-state index in [1.807, 2.05) is 6.92 Å². The highest BCUT2D eigenvalue weighted by molar-refractivity contribution is 6.33. The number of aliphatic hydroxyl groups excluding tert-OH is 1. The molecule has 2 fully saturated rings. The zero-order valence-corrected chi connectivity index (χ0v) is 14.2. The predicted octanol–water partition coefficient (Wildman–Crippen LogP) is 1.96. The molecule has 1 N–H and O–H groups in total. The second-order valence-electron chi connectivity index (χ2n) is 6.49. The minimum atomic E-state index is -0.163. The first kappa shape index (κ1) is 16.5. The highest BCUT2D eigenvalue weighted by atomic mass is 35.5. The van der Waals surface area contributed by atoms with Gasteiger partial charge in [-0.25, -0.2) is 9.97 Å². The molecule has 1 amide bonds. The summed E-state index contributed by atoms with van der Waals surface area (Å²) in [5, 5.41) is 9.68. The van der Waals surface area contributed by atoms with E-state index in [1.165, 1.54) is 6.20 Å². The molecule has 2 saturated heterocycles. The number of anilines is 1. The van der Waals surface area contributed by atoms with Crippen LogP contribution in [0, 0.1) is 5.92 Å². The zero-order chi connectivity index (χ0) is 16.4. The van der Waals surface area contributed by atoms with Gasteiger partial charge in [0, 0.05) is 32.3 Å². The second kappa shape index (κ2) is 7.01. The topological polar surface area (TPSA) is 69.6 Å². The maximum Gasteiger partial charge on any atom is 0.274 e. The van der Waals surface area contributed by atoms with E-state index in [-0.39, 0.29) is 35.2 Å². The van der Waals surface area contributed by atoms with Crippen molar-refractivity contribution in [2.75, 3.05) is 31.1 Å². The number of amides is 1. The minimum Gasteiger partial charge on any atom is -0.396 e. The quantitative estimate of drug-likeness (QED) is 0.912. The van der Waals surface area contributed by atoms with E-state index in [0.717, 1.165) is 38.8 Å². The SMILES string of the molecule is CC1CCC(CO)CN1C(=O)c1nc(N2CCCC2)ncc1Cl. The van der Waals surface area contributed by atoms with Crippen molar-refractivity contribution < 1.29 is 9.90 Å². The van der Waals surface area contributed by atoms with Gasteiger partial charge in [0.2, 0.25) is 5.95 Å². The molecule has 126 valence electrons. The normalized spacial score (nSPS) is 25.0. The Kier molecular flexibility index (Phi) is 5.02. The molecule has 7 heteroatoms. The number of carbonyl (C=O) groups excluding carboxylic acids is 1. The lowest BCUT2D eigenvalue weighted by atomic mass is 9.94. The number of rotatable bonds is 3. The average molecular weight is 339 g/mol. The third-order valence-electron chi connectivity index (χ3n) is 4.82. The minimum absolute atomic E-state index is 0.104. The molecule has 1 aromatic heterocycles. The van der Waals surface area contributed by atoms with Crippen molar-refractivity contribution in [3.05, 3.63) is 16.9 Å². The number of likely N-dealkylation sites (tertiary alicyclic amines) is 1. The predicted molar refractivity (Wildman–Crippen MR) is 88.8 cm³/mol. The van der Waals surface area contributed by atoms with E-state index >= 15 is 0 Å². The summed E-state index contributed by atoms with van der Waals surface area (Å²) in [5.74, 6) is 0.552. The van der Waals surface area contributed by atoms with Crippen molar-refractivity contribution in [1.82, 2.24) is 14.9 Å². The molecule has 6 nitrogen and oxygen atoms in total. The first-order chi connectivity index (χ1) is 11.1. The Labute approximate surface area is 141 Å². The van der Waals surface area contributed by atoms with Crippen LogP contribution in [0.5, 0.6) is 0 Å². The highest BCUT2D eigenvalue weighted by Crippen LogP contribution is 2.26. The zero-order valence-electron chi connectivity index (χ0n) is 13.4. The van der Waals surface area contributed by atoms with Crippen molar-refractivity contribution in [2.24, 2.45) is 5.92 Å². The van der Waals surface area contributed by atoms with Gasteiger partial charge < -0.3 is 14.9 Å². The Hall–Kier alpha value is -1.40. The van der Waals surface area contributed by atoms with Crippen LogP contribution in [0.1, 0.15) is 43.1 Å². The van der Waals surface area contributed by atoms with Crippen LogP contribution in [0.2, 0.25) is 5.02 Å². The molecule has 0 bridgehead atoms. The molecule has 23 heavy (non-hydrogen) atoms. The Morgan fingerprint density at radius 2 is 2.13 bits per heavy atom. The molecule has 0 saturated carbocycles. The van der Waals surface area contributed by atoms with E-state index in [9.17, 15) is 9.90 Å². The van der Waals surface area contributed by atoms with E-state index < -0.39 is 0 Å². The van der Waals surface area contributed by atoms with Gasteiger partial charge in [-0.1, -0.05) is 11.6 Å². The number of hydrogen-bond acceptors (Lipinski definition) is 5. The number of aliphatic hydroxyl groups is 1. The molecule has 1 aromatic rings. The second-order valence-corrected chi connectivity index (χ2v) is 6.90. The molecular weight excluding hydrogens is 316 g/mol. The number of halogens is 1. The van der Waals surface area contributed by atoms with E-state index in [0.29, 0.717) is 12.5 Å². The van der Waals surface area contributed by atoms with E-state index in [4.69, 9.17) is 11.6 Å². The average Bonchev–Trinajstić information content (AvgIpc) is 3.09. The van der Waals surface area contributed by atoms with E-state index in [2.05, 4.69) is 14.9 Å². The van der Waals surface area contributed by atoms with Crippen LogP contribution in [0.3, 0.4) is 0 Å². The summed E-state index contributed by atoms with van der Waals surface area (Å²) in [6, 6.07) is 0.131. The molecule has 0 aliphatic carbocycles. The summed E-state index contributed by atoms with van der Waals surface area (Å²) in [6.07, 6.45) is 5.59. The third kappa shape index (κ3) is 3.43.